The molecule has 4 aromatic carbocycles. The fraction of sp³-hybridized carbons (Fsp3) is 0.339. The number of nitrogens with zero attached hydrogens (tertiary/aromatic N) is 6. The predicted molar refractivity (Wildman–Crippen MR) is 352 cm³/mol. The van der Waals surface area contributed by atoms with Gasteiger partial charge in [-0.15, -0.1) is 8.73 Å². The molecular weight excluding hydrogens is 1690 g/mol. The second-order valence-corrected chi connectivity index (χ2v) is 42.6. The number of nitriles is 2. The van der Waals surface area contributed by atoms with Gasteiger partial charge in [0.25, 0.3) is 11.8 Å². The maximum absolute atomic E-state index is 13.1. The van der Waals surface area contributed by atoms with Gasteiger partial charge in [-0.05, 0) is 126 Å². The summed E-state index contributed by atoms with van der Waals surface area (Å²) in [5.41, 5.74) is 3.05. The number of alkyl halides is 10. The van der Waals surface area contributed by atoms with Crippen LogP contribution in [0.15, 0.2) is 157 Å². The van der Waals surface area contributed by atoms with E-state index in [9.17, 15) is 87.1 Å². The number of rotatable bonds is 22. The van der Waals surface area contributed by atoms with Crippen molar-refractivity contribution in [3.8, 4) is 23.5 Å². The van der Waals surface area contributed by atoms with Gasteiger partial charge in [-0.1, -0.05) is 54.6 Å². The average Bonchev–Trinajstić information content (AvgIpc) is 1.03. The van der Waals surface area contributed by atoms with E-state index in [4.69, 9.17) is 10.5 Å². The number of nitrogens with one attached hydrogen (secondary N) is 3. The quantitative estimate of drug-likeness (QED) is 0.0144. The molecule has 0 radical (unpaired) electrons. The number of aliphatic hydroxyl groups is 4. The molecule has 2 heterocycles. The number of benzene rings is 4. The Morgan fingerprint density at radius 3 is 1.15 bits per heavy atom. The Labute approximate surface area is 571 Å². The van der Waals surface area contributed by atoms with Crippen LogP contribution in [0.2, 0.25) is 14.8 Å². The van der Waals surface area contributed by atoms with Crippen molar-refractivity contribution in [2.45, 2.75) is 93.1 Å². The molecule has 506 valence electrons. The summed E-state index contributed by atoms with van der Waals surface area (Å²) < 4.78 is 158. The monoisotopic (exact) mass is 1750 g/mol. The molecule has 2 aromatic heterocycles. The van der Waals surface area contributed by atoms with E-state index in [2.05, 4.69) is 94.6 Å². The van der Waals surface area contributed by atoms with Crippen molar-refractivity contribution in [1.82, 2.24) is 25.9 Å². The summed E-state index contributed by atoms with van der Waals surface area (Å²) in [4.78, 5) is 47.3. The topological polar surface area (TPSA) is 300 Å². The molecule has 6 rings (SSSR count). The van der Waals surface area contributed by atoms with E-state index >= 15 is 0 Å². The van der Waals surface area contributed by atoms with Gasteiger partial charge in [0, 0.05) is 48.5 Å². The van der Waals surface area contributed by atoms with E-state index < -0.39 is 144 Å². The molecule has 6 aromatic rings. The van der Waals surface area contributed by atoms with Crippen molar-refractivity contribution < 1.29 is 87.1 Å². The average molecular weight is 1750 g/mol. The van der Waals surface area contributed by atoms with Crippen molar-refractivity contribution in [3.63, 3.8) is 0 Å². The van der Waals surface area contributed by atoms with E-state index in [0.717, 1.165) is 17.2 Å². The number of aliphatic hydroxyl groups excluding tert-OH is 4. The number of hydrogen-bond donors (Lipinski definition) is 7. The van der Waals surface area contributed by atoms with Crippen LogP contribution in [0, 0.1) is 30.1 Å². The number of amides is 3. The Kier molecular flexibility index (Phi) is 37.1. The van der Waals surface area contributed by atoms with Gasteiger partial charge < -0.3 is 26.0 Å². The Morgan fingerprint density at radius 1 is 0.538 bits per heavy atom. The molecule has 0 saturated carbocycles. The first-order chi connectivity index (χ1) is 43.6. The van der Waals surface area contributed by atoms with Crippen LogP contribution in [-0.2, 0) is 33.8 Å². The fourth-order valence-electron chi connectivity index (χ4n) is 7.32. The minimum atomic E-state index is -3.31. The van der Waals surface area contributed by atoms with Gasteiger partial charge in [0.15, 0.2) is 0 Å². The molecule has 7 N–H and O–H groups in total. The molecule has 34 heteroatoms. The SMILES string of the molecule is CS(=O)(=NC#N)c1ccc(-c2ccc([C@@H](O)[C@@H](CF)NC(=O)C(F)F)cc2)cn1.CS(=O)(=NC#N)c1ccc(Br)cn1.O=C(N[C@H](CF)[C@H](O)c1ccc(I)cc1)C(F)F.O[C@@H](CCF)c1ccc(I)cc1.[CH3][Sn]([CH3])([CH3])[c]1ccc([C@@H](O)[C@@H](CF)NC(=O)C(F)F)cc1. The van der Waals surface area contributed by atoms with Crippen molar-refractivity contribution in [1.29, 1.82) is 10.5 Å². The Morgan fingerprint density at radius 2 is 0.860 bits per heavy atom. The first-order valence-electron chi connectivity index (χ1n) is 26.8. The number of pyridine rings is 2. The van der Waals surface area contributed by atoms with E-state index in [1.54, 1.807) is 77.4 Å². The van der Waals surface area contributed by atoms with Crippen molar-refractivity contribution in [2.75, 3.05) is 39.2 Å². The molecule has 2 unspecified atom stereocenters. The third-order valence-corrected chi connectivity index (χ3v) is 23.1. The van der Waals surface area contributed by atoms with Gasteiger partial charge in [-0.2, -0.15) is 28.1 Å². The second-order valence-electron chi connectivity index (χ2n) is 20.3. The van der Waals surface area contributed by atoms with Crippen LogP contribution in [-0.4, -0.2) is 152 Å². The summed E-state index contributed by atoms with van der Waals surface area (Å²) in [6.45, 7) is -3.96. The first-order valence-corrected chi connectivity index (χ1v) is 43.6. The molecule has 18 nitrogen and oxygen atoms in total. The van der Waals surface area contributed by atoms with Crippen LogP contribution in [0.5, 0.6) is 0 Å². The summed E-state index contributed by atoms with van der Waals surface area (Å²) in [6.07, 6.45) is -5.86. The summed E-state index contributed by atoms with van der Waals surface area (Å²) in [6, 6.07) is 29.1. The van der Waals surface area contributed by atoms with Crippen LogP contribution in [0.4, 0.5) is 43.9 Å². The molecule has 0 aliphatic carbocycles. The second kappa shape index (κ2) is 41.3. The van der Waals surface area contributed by atoms with Gasteiger partial charge >= 0.3 is 139 Å². The maximum atomic E-state index is 13.1. The van der Waals surface area contributed by atoms with Gasteiger partial charge in [-0.3, -0.25) is 14.0 Å². The van der Waals surface area contributed by atoms with Gasteiger partial charge in [0.1, 0.15) is 55.1 Å². The number of carbonyl (C=O) groups excluding carboxylic acids is 3. The van der Waals surface area contributed by atoms with E-state index in [0.29, 0.717) is 27.3 Å². The molecule has 0 aliphatic rings. The third-order valence-electron chi connectivity index (χ3n) is 12.4. The standard InChI is InChI=1S/C18H17F3N4O3S.C11H11F3INO2.C11H11F3NO2.C9H10FIO.C7H6BrN3OS.3CH3.Sn/c1-29(28,24-10-22)15-7-6-13(9-23-15)11-2-4-12(5-3-11)16(26)14(8-19)25-18(27)17(20)21;12-5-8(16-11(18)10(13)14)9(17)6-1-3-7(15)4-2-6;12-6-8(15-11(17)10(13)14)9(16)7-4-2-1-3-5-7;10-6-5-9(12)7-1-3-8(11)4-2-7;1-13(12,11-5-9)7-3-2-6(8)4-10-7;;;;/h2-7,9,14,16-17,26H,8H2,1H3,(H,25,27);1-4,8-10,17H,5H2,(H,16,18);2-5,8-10,16H,6H2,(H,15,17);1-4,9,12H,5-6H2;2-4H,1H3;3*1H3;/t14-,16-,29?;2*8-,9-;9-;;;;;/m1110...../s1. The molecule has 3 amide bonds. The molecule has 9 atom stereocenters. The molecule has 0 bridgehead atoms. The van der Waals surface area contributed by atoms with Crippen molar-refractivity contribution >= 4 is 120 Å². The molecule has 0 saturated heterocycles. The van der Waals surface area contributed by atoms with E-state index in [-0.39, 0.29) is 17.0 Å². The molecule has 0 spiro atoms. The van der Waals surface area contributed by atoms with E-state index in [1.165, 1.54) is 59.1 Å². The first kappa shape index (κ1) is 83.4. The summed E-state index contributed by atoms with van der Waals surface area (Å²) >= 11 is 5.22. The zero-order valence-corrected chi connectivity index (χ0v) is 60.1. The summed E-state index contributed by atoms with van der Waals surface area (Å²) in [5, 5.41) is 62.0. The summed E-state index contributed by atoms with van der Waals surface area (Å²) in [5.74, 6) is -4.84. The Hall–Kier alpha value is -5.65. The Bertz CT molecular complexity index is 3650. The molecule has 0 fully saturated rings. The normalized spacial score (nSPS) is 14.5. The van der Waals surface area contributed by atoms with Crippen LogP contribution >= 0.6 is 61.1 Å². The molecule has 0 aliphatic heterocycles. The van der Waals surface area contributed by atoms with Crippen LogP contribution in [0.25, 0.3) is 11.1 Å². The number of hydrogen-bond acceptors (Lipinski definition) is 15. The number of aromatic nitrogens is 2. The zero-order chi connectivity index (χ0) is 70.4. The third kappa shape index (κ3) is 29.1. The fourth-order valence-corrected chi connectivity index (χ4v) is 13.2. The van der Waals surface area contributed by atoms with Gasteiger partial charge in [-0.25, -0.2) is 27.2 Å². The van der Waals surface area contributed by atoms with Crippen LogP contribution in [0.1, 0.15) is 53.1 Å². The van der Waals surface area contributed by atoms with Crippen molar-refractivity contribution in [3.05, 3.63) is 168 Å². The number of carbonyl (C=O) groups is 3. The molecule has 93 heavy (non-hydrogen) atoms. The predicted octanol–water partition coefficient (Wildman–Crippen LogP) is 10.9. The van der Waals surface area contributed by atoms with Crippen LogP contribution in [0.3, 0.4) is 0 Å². The van der Waals surface area contributed by atoms with Gasteiger partial charge in [0.2, 0.25) is 12.4 Å². The molecular formula is C59H64BrF10I2N9O9S2Sn. The van der Waals surface area contributed by atoms with Gasteiger partial charge in [0.05, 0.1) is 24.9 Å². The zero-order valence-electron chi connectivity index (χ0n) is 49.8. The Balaban J connectivity index is 0.000000411. The van der Waals surface area contributed by atoms with Crippen molar-refractivity contribution in [2.24, 2.45) is 8.73 Å². The van der Waals surface area contributed by atoms with Crippen LogP contribution < -0.4 is 19.5 Å². The number of halogens is 13. The van der Waals surface area contributed by atoms with E-state index in [1.807, 2.05) is 41.7 Å². The minimum absolute atomic E-state index is 0.149. The summed E-state index contributed by atoms with van der Waals surface area (Å²) in [7, 11) is -5.55.